The molecule has 3 aromatic rings. The van der Waals surface area contributed by atoms with E-state index in [0.29, 0.717) is 0 Å². The summed E-state index contributed by atoms with van der Waals surface area (Å²) in [6.07, 6.45) is -4.71. The van der Waals surface area contributed by atoms with Gasteiger partial charge in [0.1, 0.15) is 0 Å². The lowest BCUT2D eigenvalue weighted by Crippen LogP contribution is -2.28. The van der Waals surface area contributed by atoms with Gasteiger partial charge in [-0.2, -0.15) is 18.3 Å². The van der Waals surface area contributed by atoms with Crippen molar-refractivity contribution in [2.45, 2.75) is 25.6 Å². The van der Waals surface area contributed by atoms with Gasteiger partial charge in [0.15, 0.2) is 23.1 Å². The van der Waals surface area contributed by atoms with Crippen LogP contribution in [0.2, 0.25) is 5.02 Å². The number of aromatic hydroxyl groups is 1. The third-order valence-corrected chi connectivity index (χ3v) is 4.74. The van der Waals surface area contributed by atoms with Crippen LogP contribution in [0.3, 0.4) is 0 Å². The van der Waals surface area contributed by atoms with Crippen LogP contribution in [0.5, 0.6) is 5.75 Å². The Labute approximate surface area is 178 Å². The Bertz CT molecular complexity index is 1110. The molecule has 3 rings (SSSR count). The first kappa shape index (κ1) is 22.5. The largest absolute Gasteiger partial charge is 0.503 e. The van der Waals surface area contributed by atoms with E-state index in [1.54, 1.807) is 0 Å². The second-order valence-corrected chi connectivity index (χ2v) is 7.12. The van der Waals surface area contributed by atoms with E-state index in [0.717, 1.165) is 22.9 Å². The van der Waals surface area contributed by atoms with Gasteiger partial charge in [0.25, 0.3) is 0 Å². The lowest BCUT2D eigenvalue weighted by Gasteiger charge is -2.14. The number of benzene rings is 2. The second kappa shape index (κ2) is 8.54. The summed E-state index contributed by atoms with van der Waals surface area (Å²) >= 11 is 5.91. The minimum atomic E-state index is -4.71. The van der Waals surface area contributed by atoms with Gasteiger partial charge in [0, 0.05) is 5.02 Å². The molecule has 0 fully saturated rings. The van der Waals surface area contributed by atoms with Gasteiger partial charge < -0.3 is 10.4 Å². The van der Waals surface area contributed by atoms with Crippen LogP contribution in [0.1, 0.15) is 29.8 Å². The van der Waals surface area contributed by atoms with E-state index in [9.17, 15) is 26.7 Å². The highest BCUT2D eigenvalue weighted by atomic mass is 35.5. The highest BCUT2D eigenvalue weighted by molar-refractivity contribution is 6.30. The highest BCUT2D eigenvalue weighted by Crippen LogP contribution is 2.30. The van der Waals surface area contributed by atoms with Crippen LogP contribution in [0.4, 0.5) is 22.0 Å². The maximum Gasteiger partial charge on any atom is 0.435 e. The molecule has 2 N–H and O–H groups in total. The molecular formula is C20H15ClF5N3O2. The third-order valence-electron chi connectivity index (χ3n) is 4.50. The van der Waals surface area contributed by atoms with Gasteiger partial charge in [0.05, 0.1) is 23.8 Å². The number of halogens is 6. The van der Waals surface area contributed by atoms with E-state index in [-0.39, 0.29) is 28.5 Å². The first-order valence-electron chi connectivity index (χ1n) is 8.85. The van der Waals surface area contributed by atoms with Crippen molar-refractivity contribution >= 4 is 17.5 Å². The van der Waals surface area contributed by atoms with E-state index in [2.05, 4.69) is 10.4 Å². The summed E-state index contributed by atoms with van der Waals surface area (Å²) < 4.78 is 67.6. The number of carbonyl (C=O) groups is 1. The predicted molar refractivity (Wildman–Crippen MR) is 102 cm³/mol. The molecule has 0 aliphatic rings. The number of aromatic nitrogens is 2. The fourth-order valence-electron chi connectivity index (χ4n) is 2.83. The van der Waals surface area contributed by atoms with Crippen LogP contribution in [-0.2, 0) is 17.5 Å². The molecule has 0 spiro atoms. The van der Waals surface area contributed by atoms with E-state index in [1.165, 1.54) is 31.2 Å². The smallest absolute Gasteiger partial charge is 0.435 e. The number of hydrogen-bond donors (Lipinski definition) is 2. The molecule has 0 saturated carbocycles. The average Bonchev–Trinajstić information content (AvgIpc) is 3.14. The van der Waals surface area contributed by atoms with Crippen molar-refractivity contribution in [3.8, 4) is 11.4 Å². The van der Waals surface area contributed by atoms with E-state index in [1.807, 2.05) is 0 Å². The van der Waals surface area contributed by atoms with Crippen LogP contribution in [0.25, 0.3) is 5.69 Å². The lowest BCUT2D eigenvalue weighted by molar-refractivity contribution is -0.141. The molecule has 11 heteroatoms. The van der Waals surface area contributed by atoms with Gasteiger partial charge in [0.2, 0.25) is 5.91 Å². The Morgan fingerprint density at radius 1 is 1.19 bits per heavy atom. The second-order valence-electron chi connectivity index (χ2n) is 6.68. The monoisotopic (exact) mass is 459 g/mol. The first-order chi connectivity index (χ1) is 14.5. The number of nitrogens with one attached hydrogen (secondary N) is 1. The van der Waals surface area contributed by atoms with Gasteiger partial charge in [-0.25, -0.2) is 13.5 Å². The molecular weight excluding hydrogens is 445 g/mol. The lowest BCUT2D eigenvalue weighted by atomic mass is 9.99. The molecule has 0 saturated heterocycles. The maximum absolute atomic E-state index is 13.6. The molecule has 2 aromatic carbocycles. The van der Waals surface area contributed by atoms with Crippen molar-refractivity contribution in [1.82, 2.24) is 15.1 Å². The normalized spacial score (nSPS) is 12.6. The number of carbonyl (C=O) groups excluding carboxylic acids is 1. The molecule has 1 aromatic heterocycles. The fourth-order valence-corrected chi connectivity index (χ4v) is 3.02. The minimum absolute atomic E-state index is 0.0122. The van der Waals surface area contributed by atoms with Gasteiger partial charge in [-0.15, -0.1) is 0 Å². The van der Waals surface area contributed by atoms with Crippen molar-refractivity contribution in [1.29, 1.82) is 0 Å². The summed E-state index contributed by atoms with van der Waals surface area (Å²) in [5.74, 6) is -5.38. The summed E-state index contributed by atoms with van der Waals surface area (Å²) in [5.41, 5.74) is -0.946. The van der Waals surface area contributed by atoms with E-state index >= 15 is 0 Å². The van der Waals surface area contributed by atoms with Crippen LogP contribution in [-0.4, -0.2) is 20.8 Å². The number of phenols is 1. The molecule has 0 aliphatic heterocycles. The Kier molecular flexibility index (Phi) is 6.21. The van der Waals surface area contributed by atoms with Crippen LogP contribution in [0.15, 0.2) is 42.5 Å². The van der Waals surface area contributed by atoms with E-state index < -0.39 is 41.1 Å². The molecule has 31 heavy (non-hydrogen) atoms. The van der Waals surface area contributed by atoms with Crippen molar-refractivity contribution in [2.24, 2.45) is 0 Å². The molecule has 1 amide bonds. The van der Waals surface area contributed by atoms with Gasteiger partial charge >= 0.3 is 6.18 Å². The number of amides is 1. The van der Waals surface area contributed by atoms with E-state index in [4.69, 9.17) is 16.7 Å². The van der Waals surface area contributed by atoms with Crippen molar-refractivity contribution < 1.29 is 31.9 Å². The molecule has 0 radical (unpaired) electrons. The zero-order chi connectivity index (χ0) is 22.9. The highest BCUT2D eigenvalue weighted by Gasteiger charge is 2.35. The quantitative estimate of drug-likeness (QED) is 0.531. The zero-order valence-electron chi connectivity index (χ0n) is 15.8. The number of alkyl halides is 3. The molecule has 164 valence electrons. The van der Waals surface area contributed by atoms with Crippen molar-refractivity contribution in [3.63, 3.8) is 0 Å². The average molecular weight is 460 g/mol. The third kappa shape index (κ3) is 4.96. The molecule has 1 heterocycles. The summed E-state index contributed by atoms with van der Waals surface area (Å²) in [5, 5.41) is 15.4. The Hall–Kier alpha value is -3.14. The Morgan fingerprint density at radius 3 is 2.42 bits per heavy atom. The molecule has 1 unspecified atom stereocenters. The SMILES string of the molecule is CC(C(=O)NCc1cc(C(F)(F)F)nn1-c1cccc(Cl)c1)c1cc(F)c(O)c(F)c1. The summed E-state index contributed by atoms with van der Waals surface area (Å²) in [6.45, 7) is 1.01. The zero-order valence-corrected chi connectivity index (χ0v) is 16.6. The Morgan fingerprint density at radius 2 is 1.84 bits per heavy atom. The number of hydrogen-bond acceptors (Lipinski definition) is 3. The van der Waals surface area contributed by atoms with Crippen molar-refractivity contribution in [3.05, 3.63) is 76.1 Å². The van der Waals surface area contributed by atoms with Crippen molar-refractivity contribution in [2.75, 3.05) is 0 Å². The molecule has 1 atom stereocenters. The fraction of sp³-hybridized carbons (Fsp3) is 0.200. The van der Waals surface area contributed by atoms with Crippen LogP contribution in [0, 0.1) is 11.6 Å². The number of rotatable bonds is 5. The standard InChI is InChI=1S/C20H15ClF5N3O2/c1-10(11-5-15(22)18(30)16(23)6-11)19(31)27-9-14-8-17(20(24,25)26)28-29(14)13-4-2-3-12(21)7-13/h2-8,10,30H,9H2,1H3,(H,27,31). The van der Waals surface area contributed by atoms with Crippen LogP contribution >= 0.6 is 11.6 Å². The summed E-state index contributed by atoms with van der Waals surface area (Å²) in [4.78, 5) is 12.4. The first-order valence-corrected chi connectivity index (χ1v) is 9.23. The predicted octanol–water partition coefficient (Wildman–Crippen LogP) is 4.95. The minimum Gasteiger partial charge on any atom is -0.503 e. The molecule has 5 nitrogen and oxygen atoms in total. The topological polar surface area (TPSA) is 67.2 Å². The number of phenolic OH excluding ortho intramolecular Hbond substituents is 1. The summed E-state index contributed by atoms with van der Waals surface area (Å²) in [6, 6.07) is 8.37. The van der Waals surface area contributed by atoms with Gasteiger partial charge in [-0.05, 0) is 48.9 Å². The Balaban J connectivity index is 1.85. The number of nitrogens with zero attached hydrogens (tertiary/aromatic N) is 2. The summed E-state index contributed by atoms with van der Waals surface area (Å²) in [7, 11) is 0. The van der Waals surface area contributed by atoms with Gasteiger partial charge in [-0.3, -0.25) is 4.79 Å². The maximum atomic E-state index is 13.6. The van der Waals surface area contributed by atoms with Gasteiger partial charge in [-0.1, -0.05) is 17.7 Å². The van der Waals surface area contributed by atoms with Crippen LogP contribution < -0.4 is 5.32 Å². The molecule has 0 aliphatic carbocycles. The molecule has 0 bridgehead atoms.